The van der Waals surface area contributed by atoms with Crippen molar-refractivity contribution in [3.8, 4) is 5.75 Å². The second kappa shape index (κ2) is 8.90. The number of nitrogens with one attached hydrogen (secondary N) is 2. The Kier molecular flexibility index (Phi) is 6.60. The van der Waals surface area contributed by atoms with Gasteiger partial charge in [-0.1, -0.05) is 12.1 Å². The van der Waals surface area contributed by atoms with Crippen LogP contribution in [0.1, 0.15) is 31.2 Å². The van der Waals surface area contributed by atoms with Crippen LogP contribution in [-0.4, -0.2) is 36.0 Å². The van der Waals surface area contributed by atoms with Crippen LogP contribution in [0.3, 0.4) is 0 Å². The molecule has 3 N–H and O–H groups in total. The van der Waals surface area contributed by atoms with Crippen molar-refractivity contribution >= 4 is 17.8 Å². The molecule has 0 unspecified atom stereocenters. The van der Waals surface area contributed by atoms with Crippen LogP contribution < -0.4 is 15.4 Å². The lowest BCUT2D eigenvalue weighted by Crippen LogP contribution is -2.28. The number of amides is 2. The van der Waals surface area contributed by atoms with Gasteiger partial charge in [0, 0.05) is 25.4 Å². The van der Waals surface area contributed by atoms with E-state index in [9.17, 15) is 14.4 Å². The lowest BCUT2D eigenvalue weighted by molar-refractivity contribution is -0.139. The van der Waals surface area contributed by atoms with Crippen molar-refractivity contribution in [2.45, 2.75) is 32.2 Å². The Morgan fingerprint density at radius 2 is 2.00 bits per heavy atom. The third-order valence-electron chi connectivity index (χ3n) is 3.58. The Morgan fingerprint density at radius 3 is 2.71 bits per heavy atom. The Balaban J connectivity index is 1.62. The number of carboxylic acids is 1. The zero-order valence-electron chi connectivity index (χ0n) is 13.4. The van der Waals surface area contributed by atoms with Crippen LogP contribution in [0.15, 0.2) is 24.3 Å². The Labute approximate surface area is 140 Å². The number of benzene rings is 1. The fraction of sp³-hybridized carbons (Fsp3) is 0.471. The number of carboxylic acid groups (broad SMARTS) is 1. The van der Waals surface area contributed by atoms with E-state index in [1.807, 2.05) is 6.07 Å². The predicted molar refractivity (Wildman–Crippen MR) is 86.4 cm³/mol. The highest BCUT2D eigenvalue weighted by Gasteiger charge is 2.28. The van der Waals surface area contributed by atoms with E-state index in [4.69, 9.17) is 9.84 Å². The zero-order chi connectivity index (χ0) is 17.4. The van der Waals surface area contributed by atoms with Gasteiger partial charge in [-0.15, -0.1) is 0 Å². The fourth-order valence-corrected chi connectivity index (χ4v) is 2.13. The van der Waals surface area contributed by atoms with Crippen molar-refractivity contribution in [3.05, 3.63) is 29.8 Å². The number of hydrogen-bond donors (Lipinski definition) is 3. The van der Waals surface area contributed by atoms with Gasteiger partial charge in [0.25, 0.3) is 0 Å². The highest BCUT2D eigenvalue weighted by Crippen LogP contribution is 2.28. The molecule has 1 aliphatic carbocycles. The summed E-state index contributed by atoms with van der Waals surface area (Å²) in [6, 6.07) is 6.92. The third-order valence-corrected chi connectivity index (χ3v) is 3.58. The molecule has 0 saturated heterocycles. The van der Waals surface area contributed by atoms with Crippen molar-refractivity contribution < 1.29 is 24.2 Å². The SMILES string of the molecule is O=C(O)COc1cccc(CNC(=O)CCCNC(=O)C2CC2)c1. The van der Waals surface area contributed by atoms with Crippen LogP contribution in [0.25, 0.3) is 0 Å². The molecule has 1 aromatic rings. The number of carbonyl (C=O) groups is 3. The van der Waals surface area contributed by atoms with E-state index in [2.05, 4.69) is 10.6 Å². The van der Waals surface area contributed by atoms with E-state index in [0.29, 0.717) is 31.7 Å². The Morgan fingerprint density at radius 1 is 1.21 bits per heavy atom. The average molecular weight is 334 g/mol. The van der Waals surface area contributed by atoms with Crippen molar-refractivity contribution in [1.82, 2.24) is 10.6 Å². The molecule has 0 spiro atoms. The van der Waals surface area contributed by atoms with Gasteiger partial charge >= 0.3 is 5.97 Å². The normalized spacial score (nSPS) is 13.2. The highest BCUT2D eigenvalue weighted by molar-refractivity contribution is 5.81. The van der Waals surface area contributed by atoms with Gasteiger partial charge in [-0.05, 0) is 37.0 Å². The summed E-state index contributed by atoms with van der Waals surface area (Å²) < 4.78 is 5.09. The molecule has 0 radical (unpaired) electrons. The van der Waals surface area contributed by atoms with Crippen LogP contribution in [-0.2, 0) is 20.9 Å². The van der Waals surface area contributed by atoms with Gasteiger partial charge in [-0.3, -0.25) is 9.59 Å². The van der Waals surface area contributed by atoms with Gasteiger partial charge in [0.2, 0.25) is 11.8 Å². The molecule has 0 aliphatic heterocycles. The molecule has 1 aliphatic rings. The molecule has 24 heavy (non-hydrogen) atoms. The van der Waals surface area contributed by atoms with Crippen molar-refractivity contribution in [2.75, 3.05) is 13.2 Å². The summed E-state index contributed by atoms with van der Waals surface area (Å²) in [5.74, 6) is -0.398. The summed E-state index contributed by atoms with van der Waals surface area (Å²) in [5.41, 5.74) is 0.827. The van der Waals surface area contributed by atoms with Crippen molar-refractivity contribution in [3.63, 3.8) is 0 Å². The first-order valence-corrected chi connectivity index (χ1v) is 8.02. The molecule has 2 amide bonds. The first-order valence-electron chi connectivity index (χ1n) is 8.02. The number of aliphatic carboxylic acids is 1. The van der Waals surface area contributed by atoms with E-state index < -0.39 is 12.6 Å². The van der Waals surface area contributed by atoms with E-state index >= 15 is 0 Å². The molecule has 1 fully saturated rings. The van der Waals surface area contributed by atoms with Gasteiger partial charge in [0.1, 0.15) is 5.75 Å². The minimum atomic E-state index is -1.04. The van der Waals surface area contributed by atoms with E-state index in [-0.39, 0.29) is 17.7 Å². The predicted octanol–water partition coefficient (Wildman–Crippen LogP) is 1.07. The van der Waals surface area contributed by atoms with Gasteiger partial charge in [-0.2, -0.15) is 0 Å². The topological polar surface area (TPSA) is 105 Å². The Bertz CT molecular complexity index is 598. The maximum absolute atomic E-state index is 11.8. The zero-order valence-corrected chi connectivity index (χ0v) is 13.4. The molecule has 2 rings (SSSR count). The first-order chi connectivity index (χ1) is 11.5. The number of carbonyl (C=O) groups excluding carboxylic acids is 2. The molecule has 0 bridgehead atoms. The maximum atomic E-state index is 11.8. The minimum absolute atomic E-state index is 0.0903. The summed E-state index contributed by atoms with van der Waals surface area (Å²) in [5, 5.41) is 14.2. The second-order valence-electron chi connectivity index (χ2n) is 5.78. The summed E-state index contributed by atoms with van der Waals surface area (Å²) in [4.78, 5) is 33.7. The number of ether oxygens (including phenoxy) is 1. The molecule has 0 atom stereocenters. The minimum Gasteiger partial charge on any atom is -0.482 e. The molecule has 130 valence electrons. The molecular formula is C17H22N2O5. The number of hydrogen-bond acceptors (Lipinski definition) is 4. The lowest BCUT2D eigenvalue weighted by atomic mass is 10.2. The van der Waals surface area contributed by atoms with E-state index in [1.165, 1.54) is 0 Å². The molecule has 1 aromatic carbocycles. The molecule has 7 nitrogen and oxygen atoms in total. The van der Waals surface area contributed by atoms with Crippen LogP contribution in [0, 0.1) is 5.92 Å². The Hall–Kier alpha value is -2.57. The monoisotopic (exact) mass is 334 g/mol. The standard InChI is InChI=1S/C17H22N2O5/c20-15(5-2-8-18-17(23)13-6-7-13)19-10-12-3-1-4-14(9-12)24-11-16(21)22/h1,3-4,9,13H,2,5-8,10-11H2,(H,18,23)(H,19,20)(H,21,22). The van der Waals surface area contributed by atoms with Crippen molar-refractivity contribution in [2.24, 2.45) is 5.92 Å². The number of rotatable bonds is 10. The molecular weight excluding hydrogens is 312 g/mol. The second-order valence-corrected chi connectivity index (χ2v) is 5.78. The molecule has 7 heteroatoms. The van der Waals surface area contributed by atoms with Gasteiger partial charge in [-0.25, -0.2) is 4.79 Å². The fourth-order valence-electron chi connectivity index (χ4n) is 2.13. The van der Waals surface area contributed by atoms with Crippen LogP contribution >= 0.6 is 0 Å². The lowest BCUT2D eigenvalue weighted by Gasteiger charge is -2.08. The summed E-state index contributed by atoms with van der Waals surface area (Å²) in [7, 11) is 0. The summed E-state index contributed by atoms with van der Waals surface area (Å²) >= 11 is 0. The van der Waals surface area contributed by atoms with Crippen LogP contribution in [0.5, 0.6) is 5.75 Å². The summed E-state index contributed by atoms with van der Waals surface area (Å²) in [6.07, 6.45) is 2.90. The highest BCUT2D eigenvalue weighted by atomic mass is 16.5. The largest absolute Gasteiger partial charge is 0.482 e. The molecule has 0 aromatic heterocycles. The quantitative estimate of drug-likeness (QED) is 0.555. The van der Waals surface area contributed by atoms with E-state index in [0.717, 1.165) is 18.4 Å². The maximum Gasteiger partial charge on any atom is 0.341 e. The van der Waals surface area contributed by atoms with Crippen LogP contribution in [0.4, 0.5) is 0 Å². The third kappa shape index (κ3) is 6.68. The van der Waals surface area contributed by atoms with Crippen LogP contribution in [0.2, 0.25) is 0 Å². The molecule has 1 saturated carbocycles. The smallest absolute Gasteiger partial charge is 0.341 e. The summed E-state index contributed by atoms with van der Waals surface area (Å²) in [6.45, 7) is 0.460. The van der Waals surface area contributed by atoms with Gasteiger partial charge < -0.3 is 20.5 Å². The average Bonchev–Trinajstić information content (AvgIpc) is 3.40. The van der Waals surface area contributed by atoms with Gasteiger partial charge in [0.15, 0.2) is 6.61 Å². The van der Waals surface area contributed by atoms with Crippen molar-refractivity contribution in [1.29, 1.82) is 0 Å². The van der Waals surface area contributed by atoms with Gasteiger partial charge in [0.05, 0.1) is 0 Å². The molecule has 0 heterocycles. The van der Waals surface area contributed by atoms with E-state index in [1.54, 1.807) is 18.2 Å². The first kappa shape index (κ1) is 17.8.